The lowest BCUT2D eigenvalue weighted by atomic mass is 9.82. The van der Waals surface area contributed by atoms with Gasteiger partial charge in [0.15, 0.2) is 0 Å². The van der Waals surface area contributed by atoms with E-state index in [9.17, 15) is 23.1 Å². The van der Waals surface area contributed by atoms with Crippen molar-refractivity contribution in [2.75, 3.05) is 19.6 Å². The van der Waals surface area contributed by atoms with Crippen LogP contribution in [0.5, 0.6) is 0 Å². The number of nitrogens with one attached hydrogen (secondary N) is 1. The van der Waals surface area contributed by atoms with Crippen molar-refractivity contribution in [3.05, 3.63) is 29.8 Å². The molecule has 1 aromatic rings. The second-order valence-corrected chi connectivity index (χ2v) is 8.37. The number of carboxylic acids is 1. The van der Waals surface area contributed by atoms with Crippen LogP contribution in [0.25, 0.3) is 0 Å². The van der Waals surface area contributed by atoms with Gasteiger partial charge < -0.3 is 10.0 Å². The highest BCUT2D eigenvalue weighted by molar-refractivity contribution is 7.89. The van der Waals surface area contributed by atoms with Gasteiger partial charge in [0.25, 0.3) is 0 Å². The van der Waals surface area contributed by atoms with Crippen molar-refractivity contribution in [1.29, 1.82) is 0 Å². The van der Waals surface area contributed by atoms with Gasteiger partial charge in [0.2, 0.25) is 15.9 Å². The quantitative estimate of drug-likeness (QED) is 0.786. The number of hydrogen-bond donors (Lipinski definition) is 2. The second-order valence-electron chi connectivity index (χ2n) is 6.61. The van der Waals surface area contributed by atoms with Crippen molar-refractivity contribution in [2.24, 2.45) is 5.41 Å². The van der Waals surface area contributed by atoms with Crippen molar-refractivity contribution in [1.82, 2.24) is 9.62 Å². The fraction of sp³-hybridized carbons (Fsp3) is 0.529. The van der Waals surface area contributed by atoms with E-state index in [0.717, 1.165) is 0 Å². The van der Waals surface area contributed by atoms with E-state index in [2.05, 4.69) is 4.72 Å². The number of sulfonamides is 1. The highest BCUT2D eigenvalue weighted by Gasteiger charge is 2.39. The predicted octanol–water partition coefficient (Wildman–Crippen LogP) is 1.24. The zero-order chi connectivity index (χ0) is 18.7. The maximum absolute atomic E-state index is 12.5. The summed E-state index contributed by atoms with van der Waals surface area (Å²) in [6.45, 7) is 4.42. The third-order valence-electron chi connectivity index (χ3n) is 4.49. The van der Waals surface area contributed by atoms with Crippen LogP contribution in [-0.2, 0) is 26.0 Å². The number of benzene rings is 1. The average Bonchev–Trinajstić information content (AvgIpc) is 2.55. The highest BCUT2D eigenvalue weighted by Crippen LogP contribution is 2.30. The molecule has 0 bridgehead atoms. The van der Waals surface area contributed by atoms with E-state index >= 15 is 0 Å². The van der Waals surface area contributed by atoms with Crippen molar-refractivity contribution in [3.63, 3.8) is 0 Å². The summed E-state index contributed by atoms with van der Waals surface area (Å²) in [6.07, 6.45) is 1.34. The van der Waals surface area contributed by atoms with Crippen LogP contribution in [0.2, 0.25) is 0 Å². The molecule has 1 saturated heterocycles. The monoisotopic (exact) mass is 368 g/mol. The molecule has 0 aromatic heterocycles. The first-order valence-electron chi connectivity index (χ1n) is 8.28. The number of carbonyl (C=O) groups is 2. The van der Waals surface area contributed by atoms with E-state index in [4.69, 9.17) is 0 Å². The molecule has 0 aliphatic carbocycles. The minimum atomic E-state index is -3.51. The molecule has 1 heterocycles. The van der Waals surface area contributed by atoms with Gasteiger partial charge in [-0.2, -0.15) is 0 Å². The van der Waals surface area contributed by atoms with Gasteiger partial charge in [0.05, 0.1) is 16.7 Å². The van der Waals surface area contributed by atoms with E-state index in [1.54, 1.807) is 30.9 Å². The molecule has 0 radical (unpaired) electrons. The van der Waals surface area contributed by atoms with Gasteiger partial charge in [-0.05, 0) is 37.5 Å². The third-order valence-corrected chi connectivity index (χ3v) is 6.05. The highest BCUT2D eigenvalue weighted by atomic mass is 32.2. The number of likely N-dealkylation sites (tertiary alicyclic amines) is 1. The number of amides is 1. The fourth-order valence-corrected chi connectivity index (χ4v) is 4.01. The van der Waals surface area contributed by atoms with Gasteiger partial charge in [-0.1, -0.05) is 19.1 Å². The molecule has 0 saturated carbocycles. The summed E-state index contributed by atoms with van der Waals surface area (Å²) < 4.78 is 26.2. The maximum atomic E-state index is 12.5. The summed E-state index contributed by atoms with van der Waals surface area (Å²) in [5.74, 6) is -1.03. The molecule has 7 nitrogen and oxygen atoms in total. The van der Waals surface area contributed by atoms with E-state index in [1.807, 2.05) is 0 Å². The van der Waals surface area contributed by atoms with E-state index in [0.29, 0.717) is 31.5 Å². The zero-order valence-electron chi connectivity index (χ0n) is 14.5. The summed E-state index contributed by atoms with van der Waals surface area (Å²) in [5.41, 5.74) is -0.208. The maximum Gasteiger partial charge on any atom is 0.311 e. The number of nitrogens with zero attached hydrogens (tertiary/aromatic N) is 1. The Bertz CT molecular complexity index is 745. The standard InChI is InChI=1S/C17H24N2O5S/c1-3-18-25(23,24)14-7-5-13(6-8-14)11-15(20)19-10-4-9-17(2,12-19)16(21)22/h5-8,18H,3-4,9-12H2,1-2H3,(H,21,22). The largest absolute Gasteiger partial charge is 0.481 e. The van der Waals surface area contributed by atoms with Gasteiger partial charge in [-0.3, -0.25) is 9.59 Å². The Balaban J connectivity index is 2.05. The normalized spacial score (nSPS) is 21.1. The Morgan fingerprint density at radius 3 is 2.48 bits per heavy atom. The molecule has 2 N–H and O–H groups in total. The van der Waals surface area contributed by atoms with Crippen LogP contribution >= 0.6 is 0 Å². The molecule has 2 rings (SSSR count). The first-order valence-corrected chi connectivity index (χ1v) is 9.76. The SMILES string of the molecule is CCNS(=O)(=O)c1ccc(CC(=O)N2CCCC(C)(C(=O)O)C2)cc1. The Morgan fingerprint density at radius 2 is 1.92 bits per heavy atom. The predicted molar refractivity (Wildman–Crippen MR) is 92.6 cm³/mol. The fourth-order valence-electron chi connectivity index (χ4n) is 2.97. The van der Waals surface area contributed by atoms with E-state index in [-0.39, 0.29) is 23.8 Å². The Morgan fingerprint density at radius 1 is 1.28 bits per heavy atom. The van der Waals surface area contributed by atoms with Crippen molar-refractivity contribution < 1.29 is 23.1 Å². The van der Waals surface area contributed by atoms with Gasteiger partial charge >= 0.3 is 5.97 Å². The molecule has 8 heteroatoms. The van der Waals surface area contributed by atoms with Crippen molar-refractivity contribution in [2.45, 2.75) is 38.0 Å². The minimum absolute atomic E-state index is 0.122. The van der Waals surface area contributed by atoms with Crippen LogP contribution in [-0.4, -0.2) is 49.9 Å². The van der Waals surface area contributed by atoms with Gasteiger partial charge in [0.1, 0.15) is 0 Å². The van der Waals surface area contributed by atoms with Gasteiger partial charge in [0, 0.05) is 19.6 Å². The zero-order valence-corrected chi connectivity index (χ0v) is 15.3. The summed E-state index contributed by atoms with van der Waals surface area (Å²) >= 11 is 0. The number of carbonyl (C=O) groups excluding carboxylic acids is 1. The second kappa shape index (κ2) is 7.53. The lowest BCUT2D eigenvalue weighted by molar-refractivity contribution is -0.153. The molecule has 138 valence electrons. The van der Waals surface area contributed by atoms with Crippen molar-refractivity contribution >= 4 is 21.9 Å². The van der Waals surface area contributed by atoms with Gasteiger partial charge in [-0.25, -0.2) is 13.1 Å². The molecule has 25 heavy (non-hydrogen) atoms. The smallest absolute Gasteiger partial charge is 0.311 e. The Kier molecular flexibility index (Phi) is 5.84. The summed E-state index contributed by atoms with van der Waals surface area (Å²) in [4.78, 5) is 25.6. The lowest BCUT2D eigenvalue weighted by Gasteiger charge is -2.37. The third kappa shape index (κ3) is 4.58. The van der Waals surface area contributed by atoms with Crippen LogP contribution in [0.1, 0.15) is 32.3 Å². The summed E-state index contributed by atoms with van der Waals surface area (Å²) in [5, 5.41) is 9.34. The number of piperidine rings is 1. The topological polar surface area (TPSA) is 104 Å². The molecule has 1 unspecified atom stereocenters. The van der Waals surface area contributed by atoms with E-state index in [1.165, 1.54) is 12.1 Å². The Labute approximate surface area is 148 Å². The summed E-state index contributed by atoms with van der Waals surface area (Å²) in [6, 6.07) is 6.17. The molecule has 0 spiro atoms. The van der Waals surface area contributed by atoms with Crippen LogP contribution < -0.4 is 4.72 Å². The lowest BCUT2D eigenvalue weighted by Crippen LogP contribution is -2.48. The van der Waals surface area contributed by atoms with Crippen LogP contribution in [0.4, 0.5) is 0 Å². The van der Waals surface area contributed by atoms with Crippen molar-refractivity contribution in [3.8, 4) is 0 Å². The number of aliphatic carboxylic acids is 1. The molecule has 1 aromatic carbocycles. The van der Waals surface area contributed by atoms with E-state index < -0.39 is 21.4 Å². The average molecular weight is 368 g/mol. The summed E-state index contributed by atoms with van der Waals surface area (Å²) in [7, 11) is -3.51. The van der Waals surface area contributed by atoms with Crippen LogP contribution in [0, 0.1) is 5.41 Å². The minimum Gasteiger partial charge on any atom is -0.481 e. The molecule has 1 aliphatic heterocycles. The number of hydrogen-bond acceptors (Lipinski definition) is 4. The first kappa shape index (κ1) is 19.4. The number of rotatable bonds is 6. The van der Waals surface area contributed by atoms with Crippen LogP contribution in [0.15, 0.2) is 29.2 Å². The molecule has 1 fully saturated rings. The Hall–Kier alpha value is -1.93. The molecule has 1 amide bonds. The molecular weight excluding hydrogens is 344 g/mol. The molecular formula is C17H24N2O5S. The first-order chi connectivity index (χ1) is 11.7. The van der Waals surface area contributed by atoms with Crippen LogP contribution in [0.3, 0.4) is 0 Å². The van der Waals surface area contributed by atoms with Gasteiger partial charge in [-0.15, -0.1) is 0 Å². The number of carboxylic acid groups (broad SMARTS) is 1. The molecule has 1 aliphatic rings. The molecule has 1 atom stereocenters.